The van der Waals surface area contributed by atoms with Crippen LogP contribution in [0.3, 0.4) is 0 Å². The van der Waals surface area contributed by atoms with Crippen LogP contribution in [0.1, 0.15) is 43.9 Å². The normalized spacial score (nSPS) is 15.2. The van der Waals surface area contributed by atoms with E-state index in [4.69, 9.17) is 0 Å². The topological polar surface area (TPSA) is 4.93 Å². The second-order valence-corrected chi connectivity index (χ2v) is 6.22. The van der Waals surface area contributed by atoms with E-state index in [2.05, 4.69) is 61.7 Å². The molecule has 1 aliphatic carbocycles. The lowest BCUT2D eigenvalue weighted by Gasteiger charge is -2.15. The number of benzene rings is 1. The van der Waals surface area contributed by atoms with E-state index < -0.39 is 0 Å². The molecule has 0 bridgehead atoms. The molecule has 1 fully saturated rings. The van der Waals surface area contributed by atoms with Crippen LogP contribution in [0.25, 0.3) is 11.3 Å². The van der Waals surface area contributed by atoms with E-state index >= 15 is 0 Å². The van der Waals surface area contributed by atoms with Crippen LogP contribution in [0.4, 0.5) is 0 Å². The Bertz CT molecular complexity index is 556. The lowest BCUT2D eigenvalue weighted by Crippen LogP contribution is -2.07. The number of aryl methyl sites for hydroxylation is 1. The van der Waals surface area contributed by atoms with Gasteiger partial charge >= 0.3 is 0 Å². The first-order valence-electron chi connectivity index (χ1n) is 7.41. The molecular weight excluding hydrogens is 230 g/mol. The standard InChI is InChI=1S/C18H23N/c1-13(2)17-10-11-18(19(17)12-15-6-7-15)16-8-4-14(3)5-9-16/h4-5,8-11,13,15H,6-7,12H2,1-3H3. The largest absolute Gasteiger partial charge is 0.344 e. The molecule has 2 aromatic rings. The molecule has 1 aromatic carbocycles. The van der Waals surface area contributed by atoms with E-state index in [1.807, 2.05) is 0 Å². The van der Waals surface area contributed by atoms with Gasteiger partial charge in [-0.05, 0) is 49.3 Å². The number of nitrogens with zero attached hydrogens (tertiary/aromatic N) is 1. The third-order valence-electron chi connectivity index (χ3n) is 4.09. The molecule has 1 heteroatoms. The Balaban J connectivity index is 2.01. The van der Waals surface area contributed by atoms with Gasteiger partial charge in [0.25, 0.3) is 0 Å². The van der Waals surface area contributed by atoms with E-state index in [-0.39, 0.29) is 0 Å². The van der Waals surface area contributed by atoms with Gasteiger partial charge < -0.3 is 4.57 Å². The molecule has 1 aliphatic rings. The monoisotopic (exact) mass is 253 g/mol. The van der Waals surface area contributed by atoms with Crippen LogP contribution in [-0.4, -0.2) is 4.57 Å². The highest BCUT2D eigenvalue weighted by molar-refractivity contribution is 5.61. The maximum absolute atomic E-state index is 2.55. The zero-order valence-corrected chi connectivity index (χ0v) is 12.2. The number of rotatable bonds is 4. The second-order valence-electron chi connectivity index (χ2n) is 6.22. The lowest BCUT2D eigenvalue weighted by atomic mass is 10.1. The van der Waals surface area contributed by atoms with Gasteiger partial charge in [0, 0.05) is 17.9 Å². The van der Waals surface area contributed by atoms with Gasteiger partial charge in [0.2, 0.25) is 0 Å². The van der Waals surface area contributed by atoms with Gasteiger partial charge in [-0.25, -0.2) is 0 Å². The zero-order chi connectivity index (χ0) is 13.4. The minimum atomic E-state index is 0.595. The average molecular weight is 253 g/mol. The summed E-state index contributed by atoms with van der Waals surface area (Å²) in [5.74, 6) is 1.51. The molecule has 1 saturated carbocycles. The molecule has 1 aromatic heterocycles. The molecule has 0 spiro atoms. The molecule has 0 amide bonds. The van der Waals surface area contributed by atoms with Crippen molar-refractivity contribution >= 4 is 0 Å². The van der Waals surface area contributed by atoms with Gasteiger partial charge in [-0.3, -0.25) is 0 Å². The van der Waals surface area contributed by atoms with Crippen molar-refractivity contribution in [3.8, 4) is 11.3 Å². The van der Waals surface area contributed by atoms with Crippen molar-refractivity contribution < 1.29 is 0 Å². The van der Waals surface area contributed by atoms with Crippen LogP contribution in [0, 0.1) is 12.8 Å². The van der Waals surface area contributed by atoms with Gasteiger partial charge in [0.05, 0.1) is 0 Å². The maximum atomic E-state index is 2.55. The fourth-order valence-corrected chi connectivity index (χ4v) is 2.73. The van der Waals surface area contributed by atoms with Crippen molar-refractivity contribution in [2.45, 2.75) is 46.1 Å². The van der Waals surface area contributed by atoms with E-state index in [9.17, 15) is 0 Å². The third-order valence-corrected chi connectivity index (χ3v) is 4.09. The van der Waals surface area contributed by atoms with E-state index in [0.717, 1.165) is 5.92 Å². The summed E-state index contributed by atoms with van der Waals surface area (Å²) in [7, 11) is 0. The van der Waals surface area contributed by atoms with Crippen molar-refractivity contribution in [1.29, 1.82) is 0 Å². The molecule has 0 unspecified atom stereocenters. The van der Waals surface area contributed by atoms with E-state index in [1.165, 1.54) is 41.9 Å². The summed E-state index contributed by atoms with van der Waals surface area (Å²) in [5, 5.41) is 0. The minimum absolute atomic E-state index is 0.595. The van der Waals surface area contributed by atoms with Crippen molar-refractivity contribution in [3.63, 3.8) is 0 Å². The predicted molar refractivity (Wildman–Crippen MR) is 81.4 cm³/mol. The van der Waals surface area contributed by atoms with Gasteiger partial charge in [-0.2, -0.15) is 0 Å². The van der Waals surface area contributed by atoms with E-state index in [1.54, 1.807) is 0 Å². The lowest BCUT2D eigenvalue weighted by molar-refractivity contribution is 0.592. The third kappa shape index (κ3) is 2.60. The van der Waals surface area contributed by atoms with Crippen molar-refractivity contribution in [3.05, 3.63) is 47.7 Å². The molecule has 0 N–H and O–H groups in total. The fourth-order valence-electron chi connectivity index (χ4n) is 2.73. The van der Waals surface area contributed by atoms with Gasteiger partial charge in [0.15, 0.2) is 0 Å². The molecular formula is C18H23N. The predicted octanol–water partition coefficient (Wildman–Crippen LogP) is 5.00. The first-order chi connectivity index (χ1) is 9.15. The highest BCUT2D eigenvalue weighted by Gasteiger charge is 2.24. The molecule has 100 valence electrons. The Morgan fingerprint density at radius 1 is 1.05 bits per heavy atom. The molecule has 3 rings (SSSR count). The van der Waals surface area contributed by atoms with E-state index in [0.29, 0.717) is 5.92 Å². The van der Waals surface area contributed by atoms with Crippen LogP contribution in [0.15, 0.2) is 36.4 Å². The number of hydrogen-bond acceptors (Lipinski definition) is 0. The Morgan fingerprint density at radius 2 is 1.74 bits per heavy atom. The fraction of sp³-hybridized carbons (Fsp3) is 0.444. The Labute approximate surface area is 116 Å². The van der Waals surface area contributed by atoms with Gasteiger partial charge in [-0.1, -0.05) is 43.7 Å². The van der Waals surface area contributed by atoms with Crippen LogP contribution >= 0.6 is 0 Å². The zero-order valence-electron chi connectivity index (χ0n) is 12.2. The molecule has 0 atom stereocenters. The Morgan fingerprint density at radius 3 is 2.32 bits per heavy atom. The minimum Gasteiger partial charge on any atom is -0.344 e. The quantitative estimate of drug-likeness (QED) is 0.723. The maximum Gasteiger partial charge on any atom is 0.0482 e. The molecule has 0 aliphatic heterocycles. The second kappa shape index (κ2) is 4.88. The Hall–Kier alpha value is -1.50. The summed E-state index contributed by atoms with van der Waals surface area (Å²) in [5.41, 5.74) is 5.53. The molecule has 0 radical (unpaired) electrons. The number of aromatic nitrogens is 1. The van der Waals surface area contributed by atoms with Crippen molar-refractivity contribution in [2.24, 2.45) is 5.92 Å². The number of hydrogen-bond donors (Lipinski definition) is 0. The summed E-state index contributed by atoms with van der Waals surface area (Å²) in [6.07, 6.45) is 2.81. The van der Waals surface area contributed by atoms with Crippen LogP contribution in [0.2, 0.25) is 0 Å². The summed E-state index contributed by atoms with van der Waals surface area (Å²) in [6, 6.07) is 13.5. The smallest absolute Gasteiger partial charge is 0.0482 e. The summed E-state index contributed by atoms with van der Waals surface area (Å²) in [4.78, 5) is 0. The average Bonchev–Trinajstić information content (AvgIpc) is 3.09. The molecule has 1 nitrogen and oxygen atoms in total. The first kappa shape index (κ1) is 12.5. The summed E-state index contributed by atoms with van der Waals surface area (Å²) < 4.78 is 2.55. The SMILES string of the molecule is Cc1ccc(-c2ccc(C(C)C)n2CC2CC2)cc1. The molecule has 1 heterocycles. The van der Waals surface area contributed by atoms with Crippen molar-refractivity contribution in [2.75, 3.05) is 0 Å². The van der Waals surface area contributed by atoms with Crippen LogP contribution in [-0.2, 0) is 6.54 Å². The summed E-state index contributed by atoms with van der Waals surface area (Å²) in [6.45, 7) is 7.92. The first-order valence-corrected chi connectivity index (χ1v) is 7.41. The Kier molecular flexibility index (Phi) is 3.22. The van der Waals surface area contributed by atoms with Crippen molar-refractivity contribution in [1.82, 2.24) is 4.57 Å². The highest BCUT2D eigenvalue weighted by Crippen LogP contribution is 2.35. The molecule has 19 heavy (non-hydrogen) atoms. The highest BCUT2D eigenvalue weighted by atomic mass is 15.0. The van der Waals surface area contributed by atoms with Crippen LogP contribution in [0.5, 0.6) is 0 Å². The van der Waals surface area contributed by atoms with Crippen LogP contribution < -0.4 is 0 Å². The molecule has 0 saturated heterocycles. The van der Waals surface area contributed by atoms with Gasteiger partial charge in [-0.15, -0.1) is 0 Å². The summed E-state index contributed by atoms with van der Waals surface area (Å²) >= 11 is 0. The van der Waals surface area contributed by atoms with Gasteiger partial charge in [0.1, 0.15) is 0 Å².